The van der Waals surface area contributed by atoms with Gasteiger partial charge in [0.15, 0.2) is 0 Å². The summed E-state index contributed by atoms with van der Waals surface area (Å²) in [7, 11) is 0. The maximum absolute atomic E-state index is 11.5. The van der Waals surface area contributed by atoms with Crippen LogP contribution >= 0.6 is 0 Å². The van der Waals surface area contributed by atoms with Crippen LogP contribution in [-0.2, 0) is 23.9 Å². The lowest BCUT2D eigenvalue weighted by Crippen LogP contribution is -2.43. The number of carboxylic acids is 3. The molecule has 0 aliphatic rings. The SMILES string of the molecule is C=CCOC(=O)CN(CCN(CC(=O)O)CC(=O)O)CC(=O)O. The first-order valence-electron chi connectivity index (χ1n) is 6.61. The van der Waals surface area contributed by atoms with E-state index in [1.165, 1.54) is 11.0 Å². The molecule has 0 aliphatic carbocycles. The fourth-order valence-corrected chi connectivity index (χ4v) is 1.66. The average molecular weight is 332 g/mol. The van der Waals surface area contributed by atoms with Crippen molar-refractivity contribution in [1.82, 2.24) is 9.80 Å². The fourth-order valence-electron chi connectivity index (χ4n) is 1.66. The van der Waals surface area contributed by atoms with Gasteiger partial charge in [0.1, 0.15) is 6.61 Å². The van der Waals surface area contributed by atoms with Gasteiger partial charge in [0.25, 0.3) is 0 Å². The van der Waals surface area contributed by atoms with Crippen LogP contribution in [0.2, 0.25) is 0 Å². The Labute approximate surface area is 132 Å². The molecule has 10 heteroatoms. The second-order valence-corrected chi connectivity index (χ2v) is 4.57. The number of aliphatic carboxylic acids is 3. The Balaban J connectivity index is 4.61. The highest BCUT2D eigenvalue weighted by Gasteiger charge is 2.18. The highest BCUT2D eigenvalue weighted by molar-refractivity contribution is 5.74. The molecule has 130 valence electrons. The van der Waals surface area contributed by atoms with Gasteiger partial charge in [-0.15, -0.1) is 0 Å². The summed E-state index contributed by atoms with van der Waals surface area (Å²) < 4.78 is 4.75. The summed E-state index contributed by atoms with van der Waals surface area (Å²) in [6.45, 7) is 1.55. The number of rotatable bonds is 13. The van der Waals surface area contributed by atoms with Crippen molar-refractivity contribution >= 4 is 23.9 Å². The van der Waals surface area contributed by atoms with Crippen molar-refractivity contribution in [3.05, 3.63) is 12.7 Å². The van der Waals surface area contributed by atoms with Gasteiger partial charge in [-0.2, -0.15) is 0 Å². The third kappa shape index (κ3) is 11.8. The van der Waals surface area contributed by atoms with E-state index in [9.17, 15) is 19.2 Å². The van der Waals surface area contributed by atoms with Crippen molar-refractivity contribution in [1.29, 1.82) is 0 Å². The number of esters is 1. The molecular formula is C13H20N2O8. The molecule has 0 unspecified atom stereocenters. The van der Waals surface area contributed by atoms with E-state index in [4.69, 9.17) is 20.1 Å². The van der Waals surface area contributed by atoms with Crippen LogP contribution < -0.4 is 0 Å². The quantitative estimate of drug-likeness (QED) is 0.271. The highest BCUT2D eigenvalue weighted by Crippen LogP contribution is 1.95. The van der Waals surface area contributed by atoms with Gasteiger partial charge < -0.3 is 20.1 Å². The molecule has 0 fully saturated rings. The van der Waals surface area contributed by atoms with Crippen LogP contribution in [0.3, 0.4) is 0 Å². The van der Waals surface area contributed by atoms with E-state index in [0.717, 1.165) is 4.90 Å². The molecule has 0 aromatic heterocycles. The number of hydrogen-bond acceptors (Lipinski definition) is 7. The first-order valence-corrected chi connectivity index (χ1v) is 6.61. The minimum absolute atomic E-state index is 0.00392. The molecule has 0 atom stereocenters. The zero-order valence-corrected chi connectivity index (χ0v) is 12.5. The monoisotopic (exact) mass is 332 g/mol. The van der Waals surface area contributed by atoms with Gasteiger partial charge >= 0.3 is 23.9 Å². The predicted octanol–water partition coefficient (Wildman–Crippen LogP) is -1.43. The summed E-state index contributed by atoms with van der Waals surface area (Å²) >= 11 is 0. The molecule has 23 heavy (non-hydrogen) atoms. The summed E-state index contributed by atoms with van der Waals surface area (Å²) in [6, 6.07) is 0. The third-order valence-corrected chi connectivity index (χ3v) is 2.52. The zero-order chi connectivity index (χ0) is 17.8. The largest absolute Gasteiger partial charge is 0.480 e. The standard InChI is InChI=1S/C13H20N2O8/c1-2-5-23-13(22)9-15(8-12(20)21)4-3-14(6-10(16)17)7-11(18)19/h2H,1,3-9H2,(H,16,17)(H,18,19)(H,20,21). The molecule has 10 nitrogen and oxygen atoms in total. The predicted molar refractivity (Wildman–Crippen MR) is 76.9 cm³/mol. The van der Waals surface area contributed by atoms with Gasteiger partial charge in [-0.05, 0) is 0 Å². The van der Waals surface area contributed by atoms with Crippen LogP contribution in [0, 0.1) is 0 Å². The lowest BCUT2D eigenvalue weighted by molar-refractivity contribution is -0.147. The number of carboxylic acid groups (broad SMARTS) is 3. The van der Waals surface area contributed by atoms with E-state index in [2.05, 4.69) is 6.58 Å². The van der Waals surface area contributed by atoms with E-state index in [0.29, 0.717) is 0 Å². The molecule has 0 radical (unpaired) electrons. The second-order valence-electron chi connectivity index (χ2n) is 4.57. The van der Waals surface area contributed by atoms with Crippen molar-refractivity contribution in [3.8, 4) is 0 Å². The number of carbonyl (C=O) groups is 4. The zero-order valence-electron chi connectivity index (χ0n) is 12.5. The third-order valence-electron chi connectivity index (χ3n) is 2.52. The van der Waals surface area contributed by atoms with E-state index in [1.54, 1.807) is 0 Å². The van der Waals surface area contributed by atoms with Gasteiger partial charge in [0.2, 0.25) is 0 Å². The molecule has 0 spiro atoms. The molecule has 0 rings (SSSR count). The van der Waals surface area contributed by atoms with Crippen LogP contribution in [0.4, 0.5) is 0 Å². The van der Waals surface area contributed by atoms with E-state index < -0.39 is 43.5 Å². The summed E-state index contributed by atoms with van der Waals surface area (Å²) in [5.41, 5.74) is 0. The minimum atomic E-state index is -1.21. The second kappa shape index (κ2) is 11.2. The maximum atomic E-state index is 11.5. The van der Waals surface area contributed by atoms with Crippen LogP contribution in [0.25, 0.3) is 0 Å². The maximum Gasteiger partial charge on any atom is 0.320 e. The van der Waals surface area contributed by atoms with E-state index in [-0.39, 0.29) is 26.2 Å². The molecule has 0 aromatic carbocycles. The Morgan fingerprint density at radius 3 is 1.57 bits per heavy atom. The average Bonchev–Trinajstić information content (AvgIpc) is 2.40. The molecule has 3 N–H and O–H groups in total. The fraction of sp³-hybridized carbons (Fsp3) is 0.538. The molecule has 0 aliphatic heterocycles. The van der Waals surface area contributed by atoms with Gasteiger partial charge in [-0.25, -0.2) is 0 Å². The van der Waals surface area contributed by atoms with Crippen molar-refractivity contribution in [3.63, 3.8) is 0 Å². The van der Waals surface area contributed by atoms with Crippen LogP contribution in [0.5, 0.6) is 0 Å². The normalized spacial score (nSPS) is 10.5. The Kier molecular flexibility index (Phi) is 9.96. The van der Waals surface area contributed by atoms with Gasteiger partial charge in [-0.1, -0.05) is 12.7 Å². The smallest absolute Gasteiger partial charge is 0.320 e. The summed E-state index contributed by atoms with van der Waals surface area (Å²) in [5, 5.41) is 26.3. The van der Waals surface area contributed by atoms with Crippen LogP contribution in [-0.4, -0.2) is 94.9 Å². The number of ether oxygens (including phenoxy) is 1. The topological polar surface area (TPSA) is 145 Å². The highest BCUT2D eigenvalue weighted by atomic mass is 16.5. The van der Waals surface area contributed by atoms with E-state index in [1.807, 2.05) is 0 Å². The molecule has 0 aromatic rings. The summed E-state index contributed by atoms with van der Waals surface area (Å²) in [6.07, 6.45) is 1.36. The summed E-state index contributed by atoms with van der Waals surface area (Å²) in [4.78, 5) is 46.0. The number of nitrogens with zero attached hydrogens (tertiary/aromatic N) is 2. The Morgan fingerprint density at radius 1 is 0.826 bits per heavy atom. The van der Waals surface area contributed by atoms with Crippen molar-refractivity contribution < 1.29 is 39.2 Å². The molecule has 0 heterocycles. The van der Waals surface area contributed by atoms with Gasteiger partial charge in [0.05, 0.1) is 26.2 Å². The molecular weight excluding hydrogens is 312 g/mol. The van der Waals surface area contributed by atoms with Crippen LogP contribution in [0.15, 0.2) is 12.7 Å². The molecule has 0 bridgehead atoms. The number of carbonyl (C=O) groups excluding carboxylic acids is 1. The van der Waals surface area contributed by atoms with Crippen molar-refractivity contribution in [2.24, 2.45) is 0 Å². The summed E-state index contributed by atoms with van der Waals surface area (Å²) in [5.74, 6) is -4.25. The minimum Gasteiger partial charge on any atom is -0.480 e. The Hall–Kier alpha value is -2.46. The van der Waals surface area contributed by atoms with Gasteiger partial charge in [-0.3, -0.25) is 29.0 Å². The van der Waals surface area contributed by atoms with Crippen molar-refractivity contribution in [2.45, 2.75) is 0 Å². The Morgan fingerprint density at radius 2 is 1.22 bits per heavy atom. The van der Waals surface area contributed by atoms with Crippen LogP contribution in [0.1, 0.15) is 0 Å². The lowest BCUT2D eigenvalue weighted by Gasteiger charge is -2.24. The van der Waals surface area contributed by atoms with Crippen molar-refractivity contribution in [2.75, 3.05) is 45.9 Å². The number of hydrogen-bond donors (Lipinski definition) is 3. The van der Waals surface area contributed by atoms with E-state index >= 15 is 0 Å². The molecule has 0 amide bonds. The van der Waals surface area contributed by atoms with Gasteiger partial charge in [0, 0.05) is 13.1 Å². The molecule has 0 saturated carbocycles. The lowest BCUT2D eigenvalue weighted by atomic mass is 10.4. The molecule has 0 saturated heterocycles. The first-order chi connectivity index (χ1) is 10.7. The Bertz CT molecular complexity index is 435. The first kappa shape index (κ1) is 20.5.